The van der Waals surface area contributed by atoms with Crippen LogP contribution < -0.4 is 27.4 Å². The van der Waals surface area contributed by atoms with Crippen LogP contribution in [0.5, 0.6) is 0 Å². The maximum absolute atomic E-state index is 12.8. The smallest absolute Gasteiger partial charge is 0.326 e. The Balaban J connectivity index is 5.40. The average Bonchev–Trinajstić information content (AvgIpc) is 2.62. The van der Waals surface area contributed by atoms with E-state index in [1.165, 1.54) is 18.7 Å². The minimum atomic E-state index is -1.51. The molecule has 0 saturated heterocycles. The third-order valence-electron chi connectivity index (χ3n) is 4.02. The van der Waals surface area contributed by atoms with Crippen molar-refractivity contribution in [1.29, 1.82) is 0 Å². The van der Waals surface area contributed by atoms with Crippen LogP contribution in [0, 0.1) is 5.92 Å². The van der Waals surface area contributed by atoms with Gasteiger partial charge in [-0.25, -0.2) is 4.79 Å². The van der Waals surface area contributed by atoms with Crippen LogP contribution in [-0.2, 0) is 24.0 Å². The van der Waals surface area contributed by atoms with Gasteiger partial charge in [-0.2, -0.15) is 11.8 Å². The Morgan fingerprint density at radius 1 is 0.900 bits per heavy atom. The topological polar surface area (TPSA) is 194 Å². The summed E-state index contributed by atoms with van der Waals surface area (Å²) < 4.78 is 0. The number of carbonyl (C=O) groups is 5. The lowest BCUT2D eigenvalue weighted by molar-refractivity contribution is -0.143. The zero-order chi connectivity index (χ0) is 23.4. The van der Waals surface area contributed by atoms with E-state index in [4.69, 9.17) is 11.5 Å². The Hall–Kier alpha value is -2.34. The SMILES string of the molecule is CSCCC(NC(=O)C(C)N)C(=O)NC(CC(C)C)C(=O)NC(CC(N)=O)C(=O)O. The molecule has 0 saturated carbocycles. The number of amides is 4. The lowest BCUT2D eigenvalue weighted by atomic mass is 10.0. The van der Waals surface area contributed by atoms with Crippen LogP contribution >= 0.6 is 11.8 Å². The standard InChI is InChI=1S/C18H33N5O6S/c1-9(2)7-12(17(27)23-13(18(28)29)8-14(20)24)22-16(26)11(5-6-30-4)21-15(25)10(3)19/h9-13H,5-8,19H2,1-4H3,(H2,20,24)(H,21,25)(H,22,26)(H,23,27)(H,28,29). The van der Waals surface area contributed by atoms with Crippen LogP contribution in [0.2, 0.25) is 0 Å². The number of carbonyl (C=O) groups excluding carboxylic acids is 4. The molecule has 30 heavy (non-hydrogen) atoms. The molecule has 0 aromatic carbocycles. The minimum absolute atomic E-state index is 0.0104. The lowest BCUT2D eigenvalue weighted by Crippen LogP contribution is -2.57. The van der Waals surface area contributed by atoms with Gasteiger partial charge in [0.15, 0.2) is 0 Å². The molecule has 12 heteroatoms. The van der Waals surface area contributed by atoms with Gasteiger partial charge in [-0.05, 0) is 37.7 Å². The fraction of sp³-hybridized carbons (Fsp3) is 0.722. The number of hydrogen-bond acceptors (Lipinski definition) is 7. The Labute approximate surface area is 180 Å². The van der Waals surface area contributed by atoms with Gasteiger partial charge in [0.05, 0.1) is 12.5 Å². The van der Waals surface area contributed by atoms with E-state index in [0.29, 0.717) is 12.2 Å². The van der Waals surface area contributed by atoms with Crippen LogP contribution in [0.15, 0.2) is 0 Å². The normalized spacial score (nSPS) is 14.9. The fourth-order valence-electron chi connectivity index (χ4n) is 2.46. The van der Waals surface area contributed by atoms with E-state index >= 15 is 0 Å². The van der Waals surface area contributed by atoms with Crippen molar-refractivity contribution in [2.75, 3.05) is 12.0 Å². The molecule has 0 aromatic rings. The van der Waals surface area contributed by atoms with Crippen LogP contribution in [-0.4, -0.2) is 70.9 Å². The summed E-state index contributed by atoms with van der Waals surface area (Å²) in [7, 11) is 0. The molecule has 0 fully saturated rings. The monoisotopic (exact) mass is 447 g/mol. The van der Waals surface area contributed by atoms with Gasteiger partial charge in [0.25, 0.3) is 0 Å². The molecule has 172 valence electrons. The molecule has 0 radical (unpaired) electrons. The highest BCUT2D eigenvalue weighted by Crippen LogP contribution is 2.08. The average molecular weight is 448 g/mol. The second-order valence-corrected chi connectivity index (χ2v) is 8.38. The van der Waals surface area contributed by atoms with Crippen molar-refractivity contribution in [2.24, 2.45) is 17.4 Å². The zero-order valence-electron chi connectivity index (χ0n) is 17.8. The number of thioether (sulfide) groups is 1. The first-order valence-corrected chi connectivity index (χ1v) is 10.9. The van der Waals surface area contributed by atoms with E-state index in [-0.39, 0.29) is 12.3 Å². The third-order valence-corrected chi connectivity index (χ3v) is 4.66. The van der Waals surface area contributed by atoms with Gasteiger partial charge in [0.2, 0.25) is 23.6 Å². The van der Waals surface area contributed by atoms with Crippen LogP contribution in [0.4, 0.5) is 0 Å². The van der Waals surface area contributed by atoms with Crippen LogP contribution in [0.1, 0.15) is 40.0 Å². The van der Waals surface area contributed by atoms with Crippen molar-refractivity contribution in [1.82, 2.24) is 16.0 Å². The number of aliphatic carboxylic acids is 1. The fourth-order valence-corrected chi connectivity index (χ4v) is 2.93. The molecule has 0 heterocycles. The van der Waals surface area contributed by atoms with Gasteiger partial charge < -0.3 is 32.5 Å². The van der Waals surface area contributed by atoms with E-state index in [2.05, 4.69) is 16.0 Å². The van der Waals surface area contributed by atoms with Crippen molar-refractivity contribution < 1.29 is 29.1 Å². The summed E-state index contributed by atoms with van der Waals surface area (Å²) in [5.41, 5.74) is 10.6. The first-order valence-electron chi connectivity index (χ1n) is 9.55. The Bertz CT molecular complexity index is 628. The first kappa shape index (κ1) is 27.7. The number of nitrogens with one attached hydrogen (secondary N) is 3. The third kappa shape index (κ3) is 11.0. The highest BCUT2D eigenvalue weighted by molar-refractivity contribution is 7.98. The molecule has 0 spiro atoms. The highest BCUT2D eigenvalue weighted by atomic mass is 32.2. The second-order valence-electron chi connectivity index (χ2n) is 7.39. The maximum Gasteiger partial charge on any atom is 0.326 e. The van der Waals surface area contributed by atoms with Gasteiger partial charge in [-0.1, -0.05) is 13.8 Å². The number of primary amides is 1. The summed E-state index contributed by atoms with van der Waals surface area (Å²) in [6.07, 6.45) is 1.81. The van der Waals surface area contributed by atoms with Crippen molar-refractivity contribution in [3.05, 3.63) is 0 Å². The summed E-state index contributed by atoms with van der Waals surface area (Å²) >= 11 is 1.49. The number of carboxylic acid groups (broad SMARTS) is 1. The number of rotatable bonds is 14. The number of carboxylic acids is 1. The van der Waals surface area contributed by atoms with E-state index < -0.39 is 60.2 Å². The van der Waals surface area contributed by atoms with Crippen molar-refractivity contribution in [3.8, 4) is 0 Å². The van der Waals surface area contributed by atoms with Crippen molar-refractivity contribution in [2.45, 2.75) is 64.2 Å². The Morgan fingerprint density at radius 2 is 1.40 bits per heavy atom. The van der Waals surface area contributed by atoms with Gasteiger partial charge in [0, 0.05) is 0 Å². The molecule has 0 bridgehead atoms. The van der Waals surface area contributed by atoms with Gasteiger partial charge in [-0.15, -0.1) is 0 Å². The molecule has 0 aromatic heterocycles. The number of nitrogens with two attached hydrogens (primary N) is 2. The van der Waals surface area contributed by atoms with Crippen LogP contribution in [0.25, 0.3) is 0 Å². The van der Waals surface area contributed by atoms with Gasteiger partial charge >= 0.3 is 5.97 Å². The summed E-state index contributed by atoms with van der Waals surface area (Å²) in [4.78, 5) is 59.6. The predicted octanol–water partition coefficient (Wildman–Crippen LogP) is -1.45. The highest BCUT2D eigenvalue weighted by Gasteiger charge is 2.30. The van der Waals surface area contributed by atoms with E-state index in [1.54, 1.807) is 0 Å². The molecule has 0 aliphatic heterocycles. The minimum Gasteiger partial charge on any atom is -0.480 e. The quantitative estimate of drug-likeness (QED) is 0.186. The Morgan fingerprint density at radius 3 is 1.83 bits per heavy atom. The summed E-state index contributed by atoms with van der Waals surface area (Å²) in [6.45, 7) is 5.14. The molecule has 11 nitrogen and oxygen atoms in total. The van der Waals surface area contributed by atoms with E-state index in [0.717, 1.165) is 0 Å². The van der Waals surface area contributed by atoms with E-state index in [9.17, 15) is 29.1 Å². The van der Waals surface area contributed by atoms with Gasteiger partial charge in [0.1, 0.15) is 18.1 Å². The Kier molecular flexibility index (Phi) is 12.7. The van der Waals surface area contributed by atoms with Gasteiger partial charge in [-0.3, -0.25) is 19.2 Å². The van der Waals surface area contributed by atoms with E-state index in [1.807, 2.05) is 20.1 Å². The molecule has 4 amide bonds. The molecular weight excluding hydrogens is 414 g/mol. The summed E-state index contributed by atoms with van der Waals surface area (Å²) in [5.74, 6) is -3.58. The summed E-state index contributed by atoms with van der Waals surface area (Å²) in [6, 6.07) is -4.28. The molecule has 0 aliphatic rings. The molecular formula is C18H33N5O6S. The lowest BCUT2D eigenvalue weighted by Gasteiger charge is -2.25. The van der Waals surface area contributed by atoms with Crippen molar-refractivity contribution >= 4 is 41.4 Å². The largest absolute Gasteiger partial charge is 0.480 e. The first-order chi connectivity index (χ1) is 13.9. The second kappa shape index (κ2) is 13.8. The van der Waals surface area contributed by atoms with Crippen molar-refractivity contribution in [3.63, 3.8) is 0 Å². The molecule has 8 N–H and O–H groups in total. The molecule has 4 unspecified atom stereocenters. The predicted molar refractivity (Wildman–Crippen MR) is 113 cm³/mol. The molecule has 0 aliphatic carbocycles. The molecule has 4 atom stereocenters. The van der Waals surface area contributed by atoms with Crippen LogP contribution in [0.3, 0.4) is 0 Å². The summed E-state index contributed by atoms with van der Waals surface area (Å²) in [5, 5.41) is 16.5. The number of hydrogen-bond donors (Lipinski definition) is 6. The maximum atomic E-state index is 12.8. The zero-order valence-corrected chi connectivity index (χ0v) is 18.6. The molecule has 0 rings (SSSR count).